The Kier molecular flexibility index (Phi) is 4.19. The van der Waals surface area contributed by atoms with E-state index in [0.717, 1.165) is 26.2 Å². The lowest BCUT2D eigenvalue weighted by atomic mass is 10.0. The van der Waals surface area contributed by atoms with Gasteiger partial charge in [-0.1, -0.05) is 13.8 Å². The van der Waals surface area contributed by atoms with Crippen molar-refractivity contribution in [1.29, 1.82) is 0 Å². The fraction of sp³-hybridized carbons (Fsp3) is 0.833. The SMILES string of the molecule is CC(C)C(O)Cc1nc(N2CCN(C)CC2)no1. The van der Waals surface area contributed by atoms with Crippen LogP contribution in [0.2, 0.25) is 0 Å². The molecule has 1 saturated heterocycles. The summed E-state index contributed by atoms with van der Waals surface area (Å²) in [6, 6.07) is 0. The smallest absolute Gasteiger partial charge is 0.266 e. The van der Waals surface area contributed by atoms with Gasteiger partial charge in [0.05, 0.1) is 12.5 Å². The average molecular weight is 254 g/mol. The number of aliphatic hydroxyl groups is 1. The zero-order valence-electron chi connectivity index (χ0n) is 11.3. The minimum atomic E-state index is -0.425. The van der Waals surface area contributed by atoms with Crippen LogP contribution in [0.25, 0.3) is 0 Å². The second kappa shape index (κ2) is 5.67. The summed E-state index contributed by atoms with van der Waals surface area (Å²) in [6.07, 6.45) is 0.00378. The third-order valence-electron chi connectivity index (χ3n) is 3.40. The average Bonchev–Trinajstić information content (AvgIpc) is 2.78. The predicted molar refractivity (Wildman–Crippen MR) is 68.6 cm³/mol. The van der Waals surface area contributed by atoms with Crippen molar-refractivity contribution in [2.45, 2.75) is 26.4 Å². The fourth-order valence-electron chi connectivity index (χ4n) is 1.88. The van der Waals surface area contributed by atoms with Crippen LogP contribution in [0.1, 0.15) is 19.7 Å². The number of aliphatic hydroxyl groups excluding tert-OH is 1. The molecular formula is C12H22N4O2. The molecule has 6 nitrogen and oxygen atoms in total. The molecule has 0 radical (unpaired) electrons. The fourth-order valence-corrected chi connectivity index (χ4v) is 1.88. The number of hydrogen-bond acceptors (Lipinski definition) is 6. The van der Waals surface area contributed by atoms with Crippen LogP contribution in [0.5, 0.6) is 0 Å². The van der Waals surface area contributed by atoms with Crippen molar-refractivity contribution in [3.63, 3.8) is 0 Å². The Bertz CT molecular complexity index is 372. The summed E-state index contributed by atoms with van der Waals surface area (Å²) in [5, 5.41) is 13.8. The van der Waals surface area contributed by atoms with Crippen molar-refractivity contribution in [3.05, 3.63) is 5.89 Å². The van der Waals surface area contributed by atoms with E-state index >= 15 is 0 Å². The van der Waals surface area contributed by atoms with E-state index < -0.39 is 6.10 Å². The molecule has 0 saturated carbocycles. The topological polar surface area (TPSA) is 65.6 Å². The molecule has 1 aromatic rings. The van der Waals surface area contributed by atoms with Gasteiger partial charge in [-0.15, -0.1) is 0 Å². The summed E-state index contributed by atoms with van der Waals surface area (Å²) in [4.78, 5) is 8.75. The van der Waals surface area contributed by atoms with Gasteiger partial charge in [-0.2, -0.15) is 4.98 Å². The molecule has 0 bridgehead atoms. The largest absolute Gasteiger partial charge is 0.392 e. The lowest BCUT2D eigenvalue weighted by Crippen LogP contribution is -2.44. The molecule has 1 N–H and O–H groups in total. The van der Waals surface area contributed by atoms with Crippen molar-refractivity contribution < 1.29 is 9.63 Å². The number of piperazine rings is 1. The highest BCUT2D eigenvalue weighted by Gasteiger charge is 2.20. The Morgan fingerprint density at radius 3 is 2.56 bits per heavy atom. The van der Waals surface area contributed by atoms with Gasteiger partial charge in [-0.05, 0) is 18.1 Å². The first kappa shape index (κ1) is 13.3. The highest BCUT2D eigenvalue weighted by atomic mass is 16.5. The summed E-state index contributed by atoms with van der Waals surface area (Å²) in [5.41, 5.74) is 0. The number of rotatable bonds is 4. The second-order valence-electron chi connectivity index (χ2n) is 5.29. The molecule has 1 aliphatic heterocycles. The van der Waals surface area contributed by atoms with Crippen molar-refractivity contribution in [1.82, 2.24) is 15.0 Å². The molecule has 6 heteroatoms. The molecule has 102 valence electrons. The monoisotopic (exact) mass is 254 g/mol. The zero-order chi connectivity index (χ0) is 13.1. The highest BCUT2D eigenvalue weighted by Crippen LogP contribution is 2.14. The van der Waals surface area contributed by atoms with E-state index in [2.05, 4.69) is 27.0 Å². The molecule has 0 aliphatic carbocycles. The first-order valence-corrected chi connectivity index (χ1v) is 6.50. The van der Waals surface area contributed by atoms with Gasteiger partial charge >= 0.3 is 0 Å². The maximum absolute atomic E-state index is 9.79. The van der Waals surface area contributed by atoms with Crippen LogP contribution in [-0.2, 0) is 6.42 Å². The van der Waals surface area contributed by atoms with Crippen molar-refractivity contribution in [3.8, 4) is 0 Å². The Morgan fingerprint density at radius 2 is 1.94 bits per heavy atom. The van der Waals surface area contributed by atoms with Gasteiger partial charge in [-0.25, -0.2) is 0 Å². The molecule has 18 heavy (non-hydrogen) atoms. The summed E-state index contributed by atoms with van der Waals surface area (Å²) >= 11 is 0. The van der Waals surface area contributed by atoms with E-state index in [0.29, 0.717) is 18.3 Å². The van der Waals surface area contributed by atoms with Crippen LogP contribution >= 0.6 is 0 Å². The van der Waals surface area contributed by atoms with E-state index in [4.69, 9.17) is 4.52 Å². The van der Waals surface area contributed by atoms with E-state index in [1.54, 1.807) is 0 Å². The van der Waals surface area contributed by atoms with E-state index in [9.17, 15) is 5.11 Å². The summed E-state index contributed by atoms with van der Waals surface area (Å²) in [6.45, 7) is 7.81. The minimum absolute atomic E-state index is 0.198. The van der Waals surface area contributed by atoms with Gasteiger partial charge in [0.2, 0.25) is 5.89 Å². The quantitative estimate of drug-likeness (QED) is 0.838. The maximum atomic E-state index is 9.79. The van der Waals surface area contributed by atoms with Crippen LogP contribution < -0.4 is 4.90 Å². The number of anilines is 1. The molecule has 1 atom stereocenters. The normalized spacial score (nSPS) is 19.5. The first-order chi connectivity index (χ1) is 8.56. The van der Waals surface area contributed by atoms with Gasteiger partial charge in [-0.3, -0.25) is 0 Å². The molecule has 1 fully saturated rings. The minimum Gasteiger partial charge on any atom is -0.392 e. The molecule has 1 aromatic heterocycles. The van der Waals surface area contributed by atoms with Crippen molar-refractivity contribution >= 4 is 5.95 Å². The molecule has 1 unspecified atom stereocenters. The van der Waals surface area contributed by atoms with E-state index in [-0.39, 0.29) is 5.92 Å². The number of likely N-dealkylation sites (N-methyl/N-ethyl adjacent to an activating group) is 1. The Labute approximate surface area is 108 Å². The van der Waals surface area contributed by atoms with Gasteiger partial charge in [0.15, 0.2) is 0 Å². The van der Waals surface area contributed by atoms with Crippen molar-refractivity contribution in [2.75, 3.05) is 38.1 Å². The molecule has 0 spiro atoms. The van der Waals surface area contributed by atoms with Crippen LogP contribution in [0.4, 0.5) is 5.95 Å². The van der Waals surface area contributed by atoms with Gasteiger partial charge < -0.3 is 19.4 Å². The lowest BCUT2D eigenvalue weighted by Gasteiger charge is -2.31. The van der Waals surface area contributed by atoms with Crippen LogP contribution in [0.15, 0.2) is 4.52 Å². The first-order valence-electron chi connectivity index (χ1n) is 6.50. The standard InChI is InChI=1S/C12H22N4O2/c1-9(2)10(17)8-11-13-12(14-18-11)16-6-4-15(3)5-7-16/h9-10,17H,4-8H2,1-3H3. The molecule has 1 aliphatic rings. The third-order valence-corrected chi connectivity index (χ3v) is 3.40. The van der Waals surface area contributed by atoms with Crippen LogP contribution in [0, 0.1) is 5.92 Å². The predicted octanol–water partition coefficient (Wildman–Crippen LogP) is 0.381. The second-order valence-corrected chi connectivity index (χ2v) is 5.29. The molecule has 2 heterocycles. The zero-order valence-corrected chi connectivity index (χ0v) is 11.3. The van der Waals surface area contributed by atoms with Gasteiger partial charge in [0, 0.05) is 26.2 Å². The number of aromatic nitrogens is 2. The number of hydrogen-bond donors (Lipinski definition) is 1. The lowest BCUT2D eigenvalue weighted by molar-refractivity contribution is 0.116. The van der Waals surface area contributed by atoms with E-state index in [1.165, 1.54) is 0 Å². The Hall–Kier alpha value is -1.14. The Balaban J connectivity index is 1.93. The molecule has 2 rings (SSSR count). The van der Waals surface area contributed by atoms with Crippen LogP contribution in [-0.4, -0.2) is 59.5 Å². The summed E-state index contributed by atoms with van der Waals surface area (Å²) < 4.78 is 5.19. The molecule has 0 aromatic carbocycles. The van der Waals surface area contributed by atoms with Gasteiger partial charge in [0.1, 0.15) is 0 Å². The maximum Gasteiger partial charge on any atom is 0.266 e. The van der Waals surface area contributed by atoms with Crippen molar-refractivity contribution in [2.24, 2.45) is 5.92 Å². The third kappa shape index (κ3) is 3.20. The Morgan fingerprint density at radius 1 is 1.28 bits per heavy atom. The molecule has 0 amide bonds. The summed E-state index contributed by atoms with van der Waals surface area (Å²) in [5.74, 6) is 1.36. The van der Waals surface area contributed by atoms with E-state index in [1.807, 2.05) is 13.8 Å². The van der Waals surface area contributed by atoms with Crippen LogP contribution in [0.3, 0.4) is 0 Å². The highest BCUT2D eigenvalue weighted by molar-refractivity contribution is 5.28. The summed E-state index contributed by atoms with van der Waals surface area (Å²) in [7, 11) is 2.11. The van der Waals surface area contributed by atoms with Gasteiger partial charge in [0.25, 0.3) is 5.95 Å². The molecular weight excluding hydrogens is 232 g/mol. The number of nitrogens with zero attached hydrogens (tertiary/aromatic N) is 4.